The molecule has 1 saturated carbocycles. The predicted octanol–water partition coefficient (Wildman–Crippen LogP) is 2.39. The number of benzene rings is 1. The van der Waals surface area contributed by atoms with Crippen LogP contribution in [-0.2, 0) is 17.7 Å². The van der Waals surface area contributed by atoms with Crippen LogP contribution in [0.1, 0.15) is 31.2 Å². The van der Waals surface area contributed by atoms with Gasteiger partial charge in [-0.1, -0.05) is 25.0 Å². The van der Waals surface area contributed by atoms with E-state index in [1.54, 1.807) is 0 Å². The van der Waals surface area contributed by atoms with Crippen LogP contribution in [0.15, 0.2) is 23.0 Å². The standard InChI is InChI=1S/C19H27N3O2/c1-21(9-10-24-13-14-5-2-3-6-14)16-11-15-7-4-8-17-18(15)22(12-16)19(23)20-17/h4,7-8,14,16H,2-3,5-6,9-13H2,1H3,(H,20,23)/t16-/m1/s1. The summed E-state index contributed by atoms with van der Waals surface area (Å²) in [6.45, 7) is 3.37. The van der Waals surface area contributed by atoms with Crippen LogP contribution < -0.4 is 5.69 Å². The third-order valence-electron chi connectivity index (χ3n) is 5.77. The summed E-state index contributed by atoms with van der Waals surface area (Å²) in [5.74, 6) is 0.781. The fourth-order valence-corrected chi connectivity index (χ4v) is 4.28. The van der Waals surface area contributed by atoms with Crippen molar-refractivity contribution >= 4 is 11.0 Å². The van der Waals surface area contributed by atoms with Crippen molar-refractivity contribution in [2.24, 2.45) is 5.92 Å². The summed E-state index contributed by atoms with van der Waals surface area (Å²) < 4.78 is 7.80. The minimum absolute atomic E-state index is 0.00744. The SMILES string of the molecule is CN(CCOCC1CCCC1)[C@@H]1Cc2cccc3[nH]c(=O)n(c23)C1. The second kappa shape index (κ2) is 6.73. The summed E-state index contributed by atoms with van der Waals surface area (Å²) in [5.41, 5.74) is 3.32. The van der Waals surface area contributed by atoms with Gasteiger partial charge in [-0.05, 0) is 43.9 Å². The first kappa shape index (κ1) is 15.9. The van der Waals surface area contributed by atoms with Gasteiger partial charge in [0.1, 0.15) is 0 Å². The van der Waals surface area contributed by atoms with Crippen molar-refractivity contribution in [3.63, 3.8) is 0 Å². The first-order chi connectivity index (χ1) is 11.7. The summed E-state index contributed by atoms with van der Waals surface area (Å²) in [6.07, 6.45) is 6.40. The van der Waals surface area contributed by atoms with Gasteiger partial charge in [0.05, 0.1) is 17.6 Å². The molecule has 0 radical (unpaired) electrons. The monoisotopic (exact) mass is 329 g/mol. The Morgan fingerprint density at radius 1 is 1.33 bits per heavy atom. The lowest BCUT2D eigenvalue weighted by Crippen LogP contribution is -2.42. The number of rotatable bonds is 6. The summed E-state index contributed by atoms with van der Waals surface area (Å²) in [4.78, 5) is 17.5. The summed E-state index contributed by atoms with van der Waals surface area (Å²) in [7, 11) is 2.15. The number of nitrogens with one attached hydrogen (secondary N) is 1. The first-order valence-corrected chi connectivity index (χ1v) is 9.21. The van der Waals surface area contributed by atoms with Gasteiger partial charge in [-0.15, -0.1) is 0 Å². The molecular formula is C19H27N3O2. The zero-order valence-corrected chi connectivity index (χ0v) is 14.5. The lowest BCUT2D eigenvalue weighted by Gasteiger charge is -2.31. The number of nitrogens with zero attached hydrogens (tertiary/aromatic N) is 2. The van der Waals surface area contributed by atoms with Gasteiger partial charge in [0.15, 0.2) is 0 Å². The van der Waals surface area contributed by atoms with Gasteiger partial charge in [0.25, 0.3) is 0 Å². The molecule has 2 heterocycles. The van der Waals surface area contributed by atoms with E-state index >= 15 is 0 Å². The van der Waals surface area contributed by atoms with Crippen molar-refractivity contribution in [1.82, 2.24) is 14.5 Å². The Kier molecular flexibility index (Phi) is 4.46. The fraction of sp³-hybridized carbons (Fsp3) is 0.632. The van der Waals surface area contributed by atoms with Gasteiger partial charge in [-0.3, -0.25) is 9.47 Å². The first-order valence-electron chi connectivity index (χ1n) is 9.21. The zero-order chi connectivity index (χ0) is 16.5. The molecule has 0 spiro atoms. The average Bonchev–Trinajstić information content (AvgIpc) is 3.21. The van der Waals surface area contributed by atoms with E-state index in [0.717, 1.165) is 49.7 Å². The molecule has 2 aliphatic rings. The Morgan fingerprint density at radius 3 is 3.00 bits per heavy atom. The fourth-order valence-electron chi connectivity index (χ4n) is 4.28. The lowest BCUT2D eigenvalue weighted by molar-refractivity contribution is 0.0721. The Morgan fingerprint density at radius 2 is 2.17 bits per heavy atom. The van der Waals surface area contributed by atoms with Gasteiger partial charge in [0, 0.05) is 25.7 Å². The summed E-state index contributed by atoms with van der Waals surface area (Å²) >= 11 is 0. The molecule has 2 aromatic rings. The molecular weight excluding hydrogens is 302 g/mol. The largest absolute Gasteiger partial charge is 0.380 e. The summed E-state index contributed by atoms with van der Waals surface area (Å²) in [6, 6.07) is 6.51. The molecule has 5 nitrogen and oxygen atoms in total. The van der Waals surface area contributed by atoms with Crippen molar-refractivity contribution in [1.29, 1.82) is 0 Å². The highest BCUT2D eigenvalue weighted by Crippen LogP contribution is 2.25. The Labute approximate surface area is 142 Å². The molecule has 1 fully saturated rings. The van der Waals surface area contributed by atoms with Gasteiger partial charge in [0.2, 0.25) is 0 Å². The molecule has 1 N–H and O–H groups in total. The normalized spacial score (nSPS) is 21.2. The van der Waals surface area contributed by atoms with Crippen molar-refractivity contribution < 1.29 is 4.74 Å². The third-order valence-corrected chi connectivity index (χ3v) is 5.77. The third kappa shape index (κ3) is 3.03. The molecule has 0 bridgehead atoms. The topological polar surface area (TPSA) is 50.3 Å². The van der Waals surface area contributed by atoms with E-state index in [4.69, 9.17) is 4.74 Å². The van der Waals surface area contributed by atoms with E-state index in [2.05, 4.69) is 23.0 Å². The molecule has 0 saturated heterocycles. The van der Waals surface area contributed by atoms with E-state index < -0.39 is 0 Å². The molecule has 24 heavy (non-hydrogen) atoms. The average molecular weight is 329 g/mol. The molecule has 0 unspecified atom stereocenters. The van der Waals surface area contributed by atoms with Crippen LogP contribution in [-0.4, -0.2) is 47.3 Å². The van der Waals surface area contributed by atoms with Crippen LogP contribution in [0.25, 0.3) is 11.0 Å². The Bertz CT molecular complexity index is 758. The Balaban J connectivity index is 1.35. The maximum atomic E-state index is 12.2. The van der Waals surface area contributed by atoms with Gasteiger partial charge in [-0.25, -0.2) is 4.79 Å². The minimum Gasteiger partial charge on any atom is -0.380 e. The van der Waals surface area contributed by atoms with E-state index in [9.17, 15) is 4.79 Å². The van der Waals surface area contributed by atoms with Crippen LogP contribution >= 0.6 is 0 Å². The number of aromatic amines is 1. The number of likely N-dealkylation sites (N-methyl/N-ethyl adjacent to an activating group) is 1. The van der Waals surface area contributed by atoms with Gasteiger partial charge in [-0.2, -0.15) is 0 Å². The number of hydrogen-bond acceptors (Lipinski definition) is 3. The molecule has 1 aromatic carbocycles. The molecule has 0 amide bonds. The van der Waals surface area contributed by atoms with Crippen LogP contribution in [0, 0.1) is 5.92 Å². The van der Waals surface area contributed by atoms with Crippen LogP contribution in [0.5, 0.6) is 0 Å². The smallest absolute Gasteiger partial charge is 0.326 e. The molecule has 130 valence electrons. The van der Waals surface area contributed by atoms with Crippen molar-refractivity contribution in [3.05, 3.63) is 34.2 Å². The highest BCUT2D eigenvalue weighted by atomic mass is 16.5. The van der Waals surface area contributed by atoms with Gasteiger partial charge >= 0.3 is 5.69 Å². The van der Waals surface area contributed by atoms with E-state index in [1.165, 1.54) is 31.2 Å². The second-order valence-corrected chi connectivity index (χ2v) is 7.42. The van der Waals surface area contributed by atoms with E-state index in [-0.39, 0.29) is 5.69 Å². The lowest BCUT2D eigenvalue weighted by atomic mass is 9.99. The number of para-hydroxylation sites is 1. The predicted molar refractivity (Wildman–Crippen MR) is 95.5 cm³/mol. The quantitative estimate of drug-likeness (QED) is 0.828. The molecule has 1 atom stereocenters. The van der Waals surface area contributed by atoms with Gasteiger partial charge < -0.3 is 9.72 Å². The molecule has 4 rings (SSSR count). The zero-order valence-electron chi connectivity index (χ0n) is 14.5. The molecule has 1 aromatic heterocycles. The highest BCUT2D eigenvalue weighted by Gasteiger charge is 2.25. The number of H-pyrrole nitrogens is 1. The molecule has 5 heteroatoms. The van der Waals surface area contributed by atoms with Crippen LogP contribution in [0.3, 0.4) is 0 Å². The number of ether oxygens (including phenoxy) is 1. The highest BCUT2D eigenvalue weighted by molar-refractivity contribution is 5.79. The van der Waals surface area contributed by atoms with Crippen molar-refractivity contribution in [3.8, 4) is 0 Å². The second-order valence-electron chi connectivity index (χ2n) is 7.42. The van der Waals surface area contributed by atoms with Crippen LogP contribution in [0.2, 0.25) is 0 Å². The van der Waals surface area contributed by atoms with Crippen LogP contribution in [0.4, 0.5) is 0 Å². The summed E-state index contributed by atoms with van der Waals surface area (Å²) in [5, 5.41) is 0. The molecule has 1 aliphatic heterocycles. The number of aromatic nitrogens is 2. The minimum atomic E-state index is 0.00744. The van der Waals surface area contributed by atoms with Crippen molar-refractivity contribution in [2.45, 2.75) is 44.7 Å². The van der Waals surface area contributed by atoms with E-state index in [1.807, 2.05) is 16.7 Å². The molecule has 1 aliphatic carbocycles. The van der Waals surface area contributed by atoms with E-state index in [0.29, 0.717) is 6.04 Å². The Hall–Kier alpha value is -1.59. The maximum Gasteiger partial charge on any atom is 0.326 e. The van der Waals surface area contributed by atoms with Crippen molar-refractivity contribution in [2.75, 3.05) is 26.8 Å². The number of imidazole rings is 1. The maximum absolute atomic E-state index is 12.2. The number of hydrogen-bond donors (Lipinski definition) is 1.